The van der Waals surface area contributed by atoms with Gasteiger partial charge in [0.05, 0.1) is 5.57 Å². The number of amides is 2. The highest BCUT2D eigenvalue weighted by Crippen LogP contribution is 2.44. The molecule has 2 aliphatic heterocycles. The Morgan fingerprint density at radius 3 is 2.29 bits per heavy atom. The van der Waals surface area contributed by atoms with Crippen molar-refractivity contribution < 1.29 is 19.1 Å². The maximum Gasteiger partial charge on any atom is 0.262 e. The lowest BCUT2D eigenvalue weighted by Gasteiger charge is -2.36. The monoisotopic (exact) mass is 508 g/mol. The van der Waals surface area contributed by atoms with Gasteiger partial charge in [-0.25, -0.2) is 0 Å². The van der Waals surface area contributed by atoms with E-state index in [1.54, 1.807) is 36.4 Å². The van der Waals surface area contributed by atoms with Crippen molar-refractivity contribution >= 4 is 35.0 Å². The molecule has 5 rings (SSSR count). The Hall–Kier alpha value is -3.48. The Morgan fingerprint density at radius 1 is 0.943 bits per heavy atom. The van der Waals surface area contributed by atoms with Crippen LogP contribution in [0.15, 0.2) is 78.2 Å². The topological polar surface area (TPSA) is 81.9 Å². The summed E-state index contributed by atoms with van der Waals surface area (Å²) in [6.45, 7) is 0.614. The molecule has 1 unspecified atom stereocenters. The average Bonchev–Trinajstić information content (AvgIpc) is 2.84. The van der Waals surface area contributed by atoms with E-state index in [1.807, 2.05) is 30.3 Å². The predicted octanol–water partition coefficient (Wildman–Crippen LogP) is 5.22. The molecule has 1 saturated heterocycles. The summed E-state index contributed by atoms with van der Waals surface area (Å²) in [5, 5.41) is 1.30. The first-order valence-electron chi connectivity index (χ1n) is 11.2. The minimum atomic E-state index is -0.448. The van der Waals surface area contributed by atoms with E-state index in [4.69, 9.17) is 38.4 Å². The number of hydrogen-bond donors (Lipinski definition) is 1. The van der Waals surface area contributed by atoms with Crippen LogP contribution in [0.3, 0.4) is 0 Å². The SMILES string of the molecule is NC1=C2C(=O)N(CCc3ccc(Cl)cc3)C(=O)CC2c2ccc(OCc3ccc(Cl)cc3)cc2O1. The zero-order chi connectivity index (χ0) is 24.5. The van der Waals surface area contributed by atoms with Gasteiger partial charge in [0.2, 0.25) is 5.91 Å². The van der Waals surface area contributed by atoms with Crippen LogP contribution in [-0.2, 0) is 22.6 Å². The molecule has 3 aromatic rings. The molecule has 0 aromatic heterocycles. The van der Waals surface area contributed by atoms with Gasteiger partial charge in [-0.2, -0.15) is 0 Å². The van der Waals surface area contributed by atoms with Crippen LogP contribution in [-0.4, -0.2) is 23.3 Å². The molecule has 2 N–H and O–H groups in total. The van der Waals surface area contributed by atoms with Gasteiger partial charge < -0.3 is 15.2 Å². The van der Waals surface area contributed by atoms with E-state index in [1.165, 1.54) is 4.90 Å². The van der Waals surface area contributed by atoms with Crippen molar-refractivity contribution in [2.75, 3.05) is 6.54 Å². The summed E-state index contributed by atoms with van der Waals surface area (Å²) in [5.41, 5.74) is 9.20. The molecule has 6 nitrogen and oxygen atoms in total. The maximum absolute atomic E-state index is 13.2. The number of nitrogens with zero attached hydrogens (tertiary/aromatic N) is 1. The number of carbonyl (C=O) groups excluding carboxylic acids is 2. The molecule has 0 aliphatic carbocycles. The molecule has 0 saturated carbocycles. The van der Waals surface area contributed by atoms with Crippen molar-refractivity contribution in [1.82, 2.24) is 4.90 Å². The van der Waals surface area contributed by atoms with Crippen LogP contribution in [0.4, 0.5) is 0 Å². The second kappa shape index (κ2) is 9.64. The van der Waals surface area contributed by atoms with Gasteiger partial charge in [0.1, 0.15) is 18.1 Å². The van der Waals surface area contributed by atoms with Gasteiger partial charge in [-0.05, 0) is 47.9 Å². The van der Waals surface area contributed by atoms with Crippen molar-refractivity contribution in [2.24, 2.45) is 5.73 Å². The number of halogens is 2. The number of ether oxygens (including phenoxy) is 2. The van der Waals surface area contributed by atoms with Crippen molar-refractivity contribution in [2.45, 2.75) is 25.4 Å². The lowest BCUT2D eigenvalue weighted by Crippen LogP contribution is -2.47. The first-order chi connectivity index (χ1) is 16.9. The summed E-state index contributed by atoms with van der Waals surface area (Å²) in [6.07, 6.45) is 0.669. The quantitative estimate of drug-likeness (QED) is 0.461. The van der Waals surface area contributed by atoms with E-state index in [9.17, 15) is 9.59 Å². The smallest absolute Gasteiger partial charge is 0.262 e. The normalized spacial score (nSPS) is 17.1. The molecular weight excluding hydrogens is 487 g/mol. The number of hydrogen-bond acceptors (Lipinski definition) is 5. The van der Waals surface area contributed by atoms with Crippen molar-refractivity contribution in [3.63, 3.8) is 0 Å². The fraction of sp³-hybridized carbons (Fsp3) is 0.185. The van der Waals surface area contributed by atoms with E-state index >= 15 is 0 Å². The third-order valence-corrected chi connectivity index (χ3v) is 6.71. The fourth-order valence-electron chi connectivity index (χ4n) is 4.36. The Balaban J connectivity index is 1.31. The maximum atomic E-state index is 13.2. The number of imide groups is 1. The third kappa shape index (κ3) is 4.85. The molecule has 35 heavy (non-hydrogen) atoms. The number of fused-ring (bicyclic) bond motifs is 3. The standard InChI is InChI=1S/C27H22Cl2N2O4/c28-18-5-1-16(2-6-18)11-12-31-24(32)14-22-21-10-9-20(34-15-17-3-7-19(29)8-4-17)13-23(21)35-26(30)25(22)27(31)33/h1-10,13,22H,11-12,14-15,30H2. The summed E-state index contributed by atoms with van der Waals surface area (Å²) in [6, 6.07) is 20.1. The summed E-state index contributed by atoms with van der Waals surface area (Å²) >= 11 is 11.9. The van der Waals surface area contributed by atoms with E-state index in [0.717, 1.165) is 16.7 Å². The van der Waals surface area contributed by atoms with Crippen LogP contribution in [0.2, 0.25) is 10.0 Å². The second-order valence-corrected chi connectivity index (χ2v) is 9.35. The Kier molecular flexibility index (Phi) is 6.41. The number of nitrogens with two attached hydrogens (primary N) is 1. The molecule has 1 atom stereocenters. The molecule has 1 fully saturated rings. The summed E-state index contributed by atoms with van der Waals surface area (Å²) < 4.78 is 11.7. The lowest BCUT2D eigenvalue weighted by atomic mass is 9.82. The first-order valence-corrected chi connectivity index (χ1v) is 11.9. The van der Waals surface area contributed by atoms with Crippen molar-refractivity contribution in [3.05, 3.63) is 105 Å². The zero-order valence-corrected chi connectivity index (χ0v) is 20.2. The Labute approximate surface area is 212 Å². The highest BCUT2D eigenvalue weighted by Gasteiger charge is 2.43. The van der Waals surface area contributed by atoms with Gasteiger partial charge in [0.25, 0.3) is 5.91 Å². The number of benzene rings is 3. The predicted molar refractivity (Wildman–Crippen MR) is 133 cm³/mol. The molecule has 2 amide bonds. The summed E-state index contributed by atoms with van der Waals surface area (Å²) in [7, 11) is 0. The van der Waals surface area contributed by atoms with Crippen LogP contribution in [0.1, 0.15) is 29.0 Å². The summed E-state index contributed by atoms with van der Waals surface area (Å²) in [4.78, 5) is 27.5. The van der Waals surface area contributed by atoms with Gasteiger partial charge in [-0.15, -0.1) is 0 Å². The Morgan fingerprint density at radius 2 is 1.60 bits per heavy atom. The number of rotatable bonds is 6. The number of carbonyl (C=O) groups is 2. The fourth-order valence-corrected chi connectivity index (χ4v) is 4.61. The minimum Gasteiger partial charge on any atom is -0.489 e. The van der Waals surface area contributed by atoms with Crippen molar-refractivity contribution in [1.29, 1.82) is 0 Å². The molecule has 2 heterocycles. The average molecular weight is 509 g/mol. The molecule has 8 heteroatoms. The minimum absolute atomic E-state index is 0.0198. The molecule has 0 spiro atoms. The van der Waals surface area contributed by atoms with E-state index in [-0.39, 0.29) is 24.8 Å². The van der Waals surface area contributed by atoms with E-state index in [0.29, 0.717) is 40.1 Å². The zero-order valence-electron chi connectivity index (χ0n) is 18.7. The summed E-state index contributed by atoms with van der Waals surface area (Å²) in [5.74, 6) is 0.00289. The van der Waals surface area contributed by atoms with Crippen LogP contribution in [0, 0.1) is 0 Å². The highest BCUT2D eigenvalue weighted by molar-refractivity contribution is 6.30. The van der Waals surface area contributed by atoms with Crippen LogP contribution >= 0.6 is 23.2 Å². The largest absolute Gasteiger partial charge is 0.489 e. The van der Waals surface area contributed by atoms with Gasteiger partial charge in [-0.1, -0.05) is 53.5 Å². The molecule has 0 bridgehead atoms. The van der Waals surface area contributed by atoms with Crippen LogP contribution < -0.4 is 15.2 Å². The van der Waals surface area contributed by atoms with Gasteiger partial charge in [-0.3, -0.25) is 14.5 Å². The third-order valence-electron chi connectivity index (χ3n) is 6.21. The van der Waals surface area contributed by atoms with Gasteiger partial charge in [0, 0.05) is 40.6 Å². The van der Waals surface area contributed by atoms with Gasteiger partial charge in [0.15, 0.2) is 5.88 Å². The molecule has 0 radical (unpaired) electrons. The lowest BCUT2D eigenvalue weighted by molar-refractivity contribution is -0.145. The van der Waals surface area contributed by atoms with E-state index < -0.39 is 11.8 Å². The van der Waals surface area contributed by atoms with Crippen molar-refractivity contribution in [3.8, 4) is 11.5 Å². The van der Waals surface area contributed by atoms with E-state index in [2.05, 4.69) is 0 Å². The van der Waals surface area contributed by atoms with Gasteiger partial charge >= 0.3 is 0 Å². The number of likely N-dealkylation sites (tertiary alicyclic amines) is 1. The Bertz CT molecular complexity index is 1320. The molecular formula is C27H22Cl2N2O4. The molecule has 3 aromatic carbocycles. The van der Waals surface area contributed by atoms with Crippen LogP contribution in [0.5, 0.6) is 11.5 Å². The highest BCUT2D eigenvalue weighted by atomic mass is 35.5. The first kappa shape index (κ1) is 23.3. The van der Waals surface area contributed by atoms with Crippen LogP contribution in [0.25, 0.3) is 0 Å². The molecule has 178 valence electrons. The number of piperidine rings is 1. The second-order valence-electron chi connectivity index (χ2n) is 8.48. The molecule has 2 aliphatic rings.